The average Bonchev–Trinajstić information content (AvgIpc) is 3.17. The number of benzene rings is 2. The van der Waals surface area contributed by atoms with Gasteiger partial charge in [-0.15, -0.1) is 0 Å². The van der Waals surface area contributed by atoms with Gasteiger partial charge in [0.2, 0.25) is 0 Å². The maximum atomic E-state index is 12.3. The lowest BCUT2D eigenvalue weighted by Crippen LogP contribution is -2.42. The van der Waals surface area contributed by atoms with E-state index in [9.17, 15) is 4.79 Å². The van der Waals surface area contributed by atoms with E-state index in [2.05, 4.69) is 39.8 Å². The lowest BCUT2D eigenvalue weighted by atomic mass is 10.0. The summed E-state index contributed by atoms with van der Waals surface area (Å²) in [5, 5.41) is 5.89. The number of hydrogen-bond donors (Lipinski definition) is 2. The van der Waals surface area contributed by atoms with E-state index in [1.54, 1.807) is 0 Å². The van der Waals surface area contributed by atoms with Gasteiger partial charge >= 0.3 is 6.03 Å². The van der Waals surface area contributed by atoms with Crippen molar-refractivity contribution in [2.75, 3.05) is 30.9 Å². The summed E-state index contributed by atoms with van der Waals surface area (Å²) < 4.78 is 5.62. The van der Waals surface area contributed by atoms with Gasteiger partial charge in [-0.05, 0) is 55.2 Å². The molecule has 3 rings (SSSR count). The average molecular weight is 353 g/mol. The summed E-state index contributed by atoms with van der Waals surface area (Å²) in [6.45, 7) is 2.77. The highest BCUT2D eigenvalue weighted by Gasteiger charge is 2.23. The number of hydrogen-bond acceptors (Lipinski definition) is 3. The molecule has 0 unspecified atom stereocenters. The molecular formula is C21H27N3O2. The second-order valence-electron chi connectivity index (χ2n) is 6.96. The molecule has 5 heteroatoms. The van der Waals surface area contributed by atoms with E-state index in [1.807, 2.05) is 45.3 Å². The number of nitrogens with zero attached hydrogens (tertiary/aromatic N) is 1. The highest BCUT2D eigenvalue weighted by molar-refractivity contribution is 5.90. The van der Waals surface area contributed by atoms with E-state index >= 15 is 0 Å². The number of nitrogens with one attached hydrogen (secondary N) is 2. The molecule has 0 radical (unpaired) electrons. The molecule has 2 aromatic rings. The summed E-state index contributed by atoms with van der Waals surface area (Å²) in [5.74, 6) is 0. The van der Waals surface area contributed by atoms with Crippen molar-refractivity contribution in [1.29, 1.82) is 0 Å². The Bertz CT molecular complexity index is 737. The first-order valence-corrected chi connectivity index (χ1v) is 9.10. The lowest BCUT2D eigenvalue weighted by molar-refractivity contribution is 0.0868. The first-order valence-electron chi connectivity index (χ1n) is 9.10. The van der Waals surface area contributed by atoms with Crippen molar-refractivity contribution in [2.24, 2.45) is 0 Å². The number of carbonyl (C=O) groups is 1. The first kappa shape index (κ1) is 18.3. The maximum Gasteiger partial charge on any atom is 0.319 e. The summed E-state index contributed by atoms with van der Waals surface area (Å²) in [5.41, 5.74) is 4.12. The Hall–Kier alpha value is -2.53. The van der Waals surface area contributed by atoms with Gasteiger partial charge in [-0.25, -0.2) is 4.79 Å². The molecule has 138 valence electrons. The Kier molecular flexibility index (Phi) is 5.78. The molecule has 0 aliphatic carbocycles. The van der Waals surface area contributed by atoms with Gasteiger partial charge in [0.05, 0.1) is 12.1 Å². The number of carbonyl (C=O) groups excluding carboxylic acids is 1. The van der Waals surface area contributed by atoms with Crippen molar-refractivity contribution in [3.05, 3.63) is 48.5 Å². The fourth-order valence-corrected chi connectivity index (χ4v) is 3.19. The molecule has 0 saturated carbocycles. The van der Waals surface area contributed by atoms with E-state index < -0.39 is 0 Å². The fraction of sp³-hybridized carbons (Fsp3) is 0.381. The zero-order valence-corrected chi connectivity index (χ0v) is 15.7. The molecule has 2 N–H and O–H groups in total. The van der Waals surface area contributed by atoms with Gasteiger partial charge in [0, 0.05) is 32.1 Å². The molecular weight excluding hydrogens is 326 g/mol. The van der Waals surface area contributed by atoms with Gasteiger partial charge < -0.3 is 20.3 Å². The topological polar surface area (TPSA) is 53.6 Å². The summed E-state index contributed by atoms with van der Waals surface area (Å²) in [6.07, 6.45) is 2.18. The van der Waals surface area contributed by atoms with Crippen molar-refractivity contribution in [2.45, 2.75) is 31.9 Å². The third-order valence-electron chi connectivity index (χ3n) is 4.72. The highest BCUT2D eigenvalue weighted by Crippen LogP contribution is 2.25. The van der Waals surface area contributed by atoms with Crippen LogP contribution in [-0.2, 0) is 4.74 Å². The minimum Gasteiger partial charge on any atom is -0.378 e. The van der Waals surface area contributed by atoms with Gasteiger partial charge in [-0.3, -0.25) is 0 Å². The van der Waals surface area contributed by atoms with Crippen molar-refractivity contribution < 1.29 is 9.53 Å². The molecule has 1 aliphatic heterocycles. The predicted octanol–water partition coefficient (Wildman–Crippen LogP) is 4.11. The molecule has 2 aromatic carbocycles. The summed E-state index contributed by atoms with van der Waals surface area (Å²) in [7, 11) is 4.05. The SMILES string of the molecule is C[C@@H](NC(=O)Nc1cccc(-c2ccc(N(C)C)cc2)c1)[C@H]1CCCO1. The summed E-state index contributed by atoms with van der Waals surface area (Å²) in [4.78, 5) is 14.3. The second kappa shape index (κ2) is 8.23. The summed E-state index contributed by atoms with van der Waals surface area (Å²) in [6, 6.07) is 16.0. The number of anilines is 2. The highest BCUT2D eigenvalue weighted by atomic mass is 16.5. The molecule has 2 atom stereocenters. The molecule has 26 heavy (non-hydrogen) atoms. The van der Waals surface area contributed by atoms with Crippen LogP contribution in [0.2, 0.25) is 0 Å². The zero-order chi connectivity index (χ0) is 18.5. The second-order valence-corrected chi connectivity index (χ2v) is 6.96. The van der Waals surface area contributed by atoms with Gasteiger partial charge in [-0.2, -0.15) is 0 Å². The normalized spacial score (nSPS) is 17.6. The van der Waals surface area contributed by atoms with Crippen molar-refractivity contribution in [3.63, 3.8) is 0 Å². The van der Waals surface area contributed by atoms with Gasteiger partial charge in [0.15, 0.2) is 0 Å². The van der Waals surface area contributed by atoms with Gasteiger partial charge in [0.25, 0.3) is 0 Å². The Labute approximate surface area is 155 Å². The minimum atomic E-state index is -0.201. The fourth-order valence-electron chi connectivity index (χ4n) is 3.19. The van der Waals surface area contributed by atoms with Crippen molar-refractivity contribution >= 4 is 17.4 Å². The van der Waals surface area contributed by atoms with Crippen LogP contribution in [0.15, 0.2) is 48.5 Å². The minimum absolute atomic E-state index is 0.000685. The van der Waals surface area contributed by atoms with Crippen LogP contribution in [0.4, 0.5) is 16.2 Å². The van der Waals surface area contributed by atoms with Crippen LogP contribution in [0.1, 0.15) is 19.8 Å². The largest absolute Gasteiger partial charge is 0.378 e. The molecule has 0 spiro atoms. The summed E-state index contributed by atoms with van der Waals surface area (Å²) >= 11 is 0. The molecule has 2 amide bonds. The van der Waals surface area contributed by atoms with Crippen LogP contribution in [0.3, 0.4) is 0 Å². The number of urea groups is 1. The van der Waals surface area contributed by atoms with Gasteiger partial charge in [0.1, 0.15) is 0 Å². The Morgan fingerprint density at radius 3 is 2.58 bits per heavy atom. The van der Waals surface area contributed by atoms with Crippen LogP contribution >= 0.6 is 0 Å². The van der Waals surface area contributed by atoms with E-state index in [1.165, 1.54) is 0 Å². The molecule has 0 aromatic heterocycles. The molecule has 1 fully saturated rings. The number of ether oxygens (including phenoxy) is 1. The maximum absolute atomic E-state index is 12.3. The smallest absolute Gasteiger partial charge is 0.319 e. The molecule has 1 saturated heterocycles. The monoisotopic (exact) mass is 353 g/mol. The number of rotatable bonds is 5. The van der Waals surface area contributed by atoms with E-state index in [-0.39, 0.29) is 18.2 Å². The third kappa shape index (κ3) is 4.55. The van der Waals surface area contributed by atoms with Crippen molar-refractivity contribution in [3.8, 4) is 11.1 Å². The Morgan fingerprint density at radius 2 is 1.92 bits per heavy atom. The van der Waals surface area contributed by atoms with E-state index in [0.29, 0.717) is 0 Å². The van der Waals surface area contributed by atoms with Crippen LogP contribution in [-0.4, -0.2) is 38.9 Å². The van der Waals surface area contributed by atoms with E-state index in [4.69, 9.17) is 4.74 Å². The van der Waals surface area contributed by atoms with Crippen LogP contribution < -0.4 is 15.5 Å². The van der Waals surface area contributed by atoms with E-state index in [0.717, 1.165) is 42.0 Å². The lowest BCUT2D eigenvalue weighted by Gasteiger charge is -2.20. The quantitative estimate of drug-likeness (QED) is 0.850. The van der Waals surface area contributed by atoms with Crippen LogP contribution in [0, 0.1) is 0 Å². The zero-order valence-electron chi connectivity index (χ0n) is 15.7. The van der Waals surface area contributed by atoms with Gasteiger partial charge in [-0.1, -0.05) is 24.3 Å². The van der Waals surface area contributed by atoms with Crippen LogP contribution in [0.25, 0.3) is 11.1 Å². The standard InChI is InChI=1S/C21H27N3O2/c1-15(20-8-5-13-26-20)22-21(25)23-18-7-4-6-17(14-18)16-9-11-19(12-10-16)24(2)3/h4,6-7,9-12,14-15,20H,5,8,13H2,1-3H3,(H2,22,23,25)/t15-,20-/m1/s1. The third-order valence-corrected chi connectivity index (χ3v) is 4.72. The Morgan fingerprint density at radius 1 is 1.15 bits per heavy atom. The first-order chi connectivity index (χ1) is 12.5. The molecule has 0 bridgehead atoms. The molecule has 1 heterocycles. The van der Waals surface area contributed by atoms with Crippen LogP contribution in [0.5, 0.6) is 0 Å². The molecule has 5 nitrogen and oxygen atoms in total. The van der Waals surface area contributed by atoms with Crippen molar-refractivity contribution in [1.82, 2.24) is 5.32 Å². The predicted molar refractivity (Wildman–Crippen MR) is 107 cm³/mol. The molecule has 1 aliphatic rings. The Balaban J connectivity index is 1.64. The number of amides is 2.